The maximum Gasteiger partial charge on any atom is 0.0992 e. The van der Waals surface area contributed by atoms with Crippen LogP contribution in [0, 0.1) is 11.3 Å². The number of hydrogen-bond donors (Lipinski definition) is 1. The highest BCUT2D eigenvalue weighted by Crippen LogP contribution is 2.19. The molecule has 1 aromatic rings. The third-order valence-electron chi connectivity index (χ3n) is 2.38. The number of nitrogens with zero attached hydrogens (tertiary/aromatic N) is 1. The van der Waals surface area contributed by atoms with Gasteiger partial charge in [-0.25, -0.2) is 0 Å². The van der Waals surface area contributed by atoms with Gasteiger partial charge in [0, 0.05) is 30.4 Å². The van der Waals surface area contributed by atoms with Crippen LogP contribution in [-0.2, 0) is 4.74 Å². The van der Waals surface area contributed by atoms with Crippen molar-refractivity contribution >= 4 is 21.6 Å². The van der Waals surface area contributed by atoms with Gasteiger partial charge in [-0.15, -0.1) is 0 Å². The lowest BCUT2D eigenvalue weighted by Gasteiger charge is -2.07. The van der Waals surface area contributed by atoms with Gasteiger partial charge in [0.1, 0.15) is 0 Å². The van der Waals surface area contributed by atoms with Crippen LogP contribution in [0.4, 0.5) is 5.69 Å². The molecule has 0 aliphatic carbocycles. The molecule has 0 unspecified atom stereocenters. The van der Waals surface area contributed by atoms with Gasteiger partial charge in [0.25, 0.3) is 0 Å². The van der Waals surface area contributed by atoms with Gasteiger partial charge in [-0.05, 0) is 37.5 Å². The molecule has 0 saturated heterocycles. The Balaban J connectivity index is 2.32. The van der Waals surface area contributed by atoms with E-state index in [-0.39, 0.29) is 0 Å². The summed E-state index contributed by atoms with van der Waals surface area (Å²) in [5.74, 6) is 0. The van der Waals surface area contributed by atoms with Crippen LogP contribution in [0.15, 0.2) is 22.7 Å². The number of nitrogens with one attached hydrogen (secondary N) is 1. The Morgan fingerprint density at radius 2 is 2.12 bits per heavy atom. The average Bonchev–Trinajstić information content (AvgIpc) is 2.33. The Morgan fingerprint density at radius 1 is 1.29 bits per heavy atom. The number of hydrogen-bond acceptors (Lipinski definition) is 3. The summed E-state index contributed by atoms with van der Waals surface area (Å²) in [4.78, 5) is 0. The zero-order valence-electron chi connectivity index (χ0n) is 10.0. The van der Waals surface area contributed by atoms with E-state index in [0.29, 0.717) is 5.56 Å². The fraction of sp³-hybridized carbons (Fsp3) is 0.462. The quantitative estimate of drug-likeness (QED) is 0.783. The molecule has 0 spiro atoms. The molecule has 0 aliphatic rings. The molecule has 0 atom stereocenters. The molecule has 0 bridgehead atoms. The Labute approximate surface area is 111 Å². The molecule has 1 aromatic carbocycles. The van der Waals surface area contributed by atoms with Crippen LogP contribution < -0.4 is 5.32 Å². The van der Waals surface area contributed by atoms with E-state index in [2.05, 4.69) is 27.3 Å². The number of anilines is 1. The minimum absolute atomic E-state index is 0.668. The van der Waals surface area contributed by atoms with Gasteiger partial charge < -0.3 is 10.1 Å². The van der Waals surface area contributed by atoms with E-state index in [9.17, 15) is 0 Å². The summed E-state index contributed by atoms with van der Waals surface area (Å²) in [5, 5.41) is 12.2. The molecular weight excluding hydrogens is 280 g/mol. The highest BCUT2D eigenvalue weighted by atomic mass is 79.9. The molecule has 0 aliphatic heterocycles. The topological polar surface area (TPSA) is 45.0 Å². The summed E-state index contributed by atoms with van der Waals surface area (Å²) in [6.07, 6.45) is 3.36. The lowest BCUT2D eigenvalue weighted by Crippen LogP contribution is -2.02. The second-order valence-corrected chi connectivity index (χ2v) is 4.74. The molecule has 0 radical (unpaired) electrons. The third-order valence-corrected chi connectivity index (χ3v) is 2.84. The lowest BCUT2D eigenvalue weighted by molar-refractivity contribution is 0.192. The Bertz CT molecular complexity index is 387. The van der Waals surface area contributed by atoms with Crippen LogP contribution in [0.3, 0.4) is 0 Å². The second-order valence-electron chi connectivity index (χ2n) is 3.82. The number of methoxy groups -OCH3 is 1. The largest absolute Gasteiger partial charge is 0.385 e. The first-order valence-electron chi connectivity index (χ1n) is 5.70. The molecule has 0 fully saturated rings. The van der Waals surface area contributed by atoms with Crippen LogP contribution in [0.1, 0.15) is 24.8 Å². The van der Waals surface area contributed by atoms with E-state index in [0.717, 1.165) is 42.6 Å². The molecule has 17 heavy (non-hydrogen) atoms. The first-order valence-corrected chi connectivity index (χ1v) is 6.49. The second kappa shape index (κ2) is 8.10. The van der Waals surface area contributed by atoms with Gasteiger partial charge in [-0.2, -0.15) is 5.26 Å². The van der Waals surface area contributed by atoms with Crippen molar-refractivity contribution < 1.29 is 4.74 Å². The highest BCUT2D eigenvalue weighted by Gasteiger charge is 1.98. The number of rotatable bonds is 7. The highest BCUT2D eigenvalue weighted by molar-refractivity contribution is 9.10. The summed E-state index contributed by atoms with van der Waals surface area (Å²) in [6, 6.07) is 7.79. The summed E-state index contributed by atoms with van der Waals surface area (Å²) in [7, 11) is 1.73. The van der Waals surface area contributed by atoms with E-state index >= 15 is 0 Å². The van der Waals surface area contributed by atoms with Gasteiger partial charge >= 0.3 is 0 Å². The number of ether oxygens (including phenoxy) is 1. The van der Waals surface area contributed by atoms with Gasteiger partial charge in [0.15, 0.2) is 0 Å². The molecule has 0 amide bonds. The lowest BCUT2D eigenvalue weighted by atomic mass is 10.2. The molecule has 1 N–H and O–H groups in total. The van der Waals surface area contributed by atoms with Crippen molar-refractivity contribution in [3.8, 4) is 6.07 Å². The van der Waals surface area contributed by atoms with Crippen molar-refractivity contribution in [1.29, 1.82) is 5.26 Å². The van der Waals surface area contributed by atoms with E-state index in [4.69, 9.17) is 10.00 Å². The normalized spacial score (nSPS) is 9.94. The standard InChI is InChI=1S/C13H17BrN2O/c1-17-6-4-2-3-5-16-13-8-11(10-15)7-12(14)9-13/h7-9,16H,2-6H2,1H3. The summed E-state index contributed by atoms with van der Waals surface area (Å²) < 4.78 is 5.92. The Hall–Kier alpha value is -1.05. The molecule has 92 valence electrons. The number of nitriles is 1. The smallest absolute Gasteiger partial charge is 0.0992 e. The van der Waals surface area contributed by atoms with Crippen molar-refractivity contribution in [2.24, 2.45) is 0 Å². The van der Waals surface area contributed by atoms with E-state index in [1.807, 2.05) is 18.2 Å². The Kier molecular flexibility index (Phi) is 6.68. The first kappa shape index (κ1) is 14.0. The van der Waals surface area contributed by atoms with Crippen LogP contribution >= 0.6 is 15.9 Å². The molecular formula is C13H17BrN2O. The van der Waals surface area contributed by atoms with Crippen LogP contribution in [0.5, 0.6) is 0 Å². The Morgan fingerprint density at radius 3 is 2.82 bits per heavy atom. The molecule has 4 heteroatoms. The maximum atomic E-state index is 8.84. The van der Waals surface area contributed by atoms with Gasteiger partial charge in [0.2, 0.25) is 0 Å². The van der Waals surface area contributed by atoms with Gasteiger partial charge in [0.05, 0.1) is 11.6 Å². The molecule has 3 nitrogen and oxygen atoms in total. The van der Waals surface area contributed by atoms with Crippen molar-refractivity contribution in [2.75, 3.05) is 25.6 Å². The fourth-order valence-corrected chi connectivity index (χ4v) is 2.03. The predicted octanol–water partition coefficient (Wildman–Crippen LogP) is 3.55. The van der Waals surface area contributed by atoms with Crippen LogP contribution in [-0.4, -0.2) is 20.3 Å². The van der Waals surface area contributed by atoms with E-state index < -0.39 is 0 Å². The summed E-state index contributed by atoms with van der Waals surface area (Å²) in [6.45, 7) is 1.75. The van der Waals surface area contributed by atoms with Gasteiger partial charge in [-0.1, -0.05) is 15.9 Å². The van der Waals surface area contributed by atoms with E-state index in [1.54, 1.807) is 7.11 Å². The first-order chi connectivity index (χ1) is 8.26. The average molecular weight is 297 g/mol. The van der Waals surface area contributed by atoms with Crippen molar-refractivity contribution in [3.63, 3.8) is 0 Å². The van der Waals surface area contributed by atoms with Crippen LogP contribution in [0.2, 0.25) is 0 Å². The molecule has 0 aromatic heterocycles. The number of halogens is 1. The number of unbranched alkanes of at least 4 members (excludes halogenated alkanes) is 2. The molecule has 0 heterocycles. The van der Waals surface area contributed by atoms with Gasteiger partial charge in [-0.3, -0.25) is 0 Å². The molecule has 0 saturated carbocycles. The zero-order valence-corrected chi connectivity index (χ0v) is 11.6. The van der Waals surface area contributed by atoms with E-state index in [1.165, 1.54) is 0 Å². The fourth-order valence-electron chi connectivity index (χ4n) is 1.54. The predicted molar refractivity (Wildman–Crippen MR) is 73.1 cm³/mol. The minimum Gasteiger partial charge on any atom is -0.385 e. The SMILES string of the molecule is COCCCCCNc1cc(Br)cc(C#N)c1. The van der Waals surface area contributed by atoms with Crippen molar-refractivity contribution in [1.82, 2.24) is 0 Å². The van der Waals surface area contributed by atoms with Crippen LogP contribution in [0.25, 0.3) is 0 Å². The summed E-state index contributed by atoms with van der Waals surface area (Å²) in [5.41, 5.74) is 1.66. The maximum absolute atomic E-state index is 8.84. The monoisotopic (exact) mass is 296 g/mol. The zero-order chi connectivity index (χ0) is 12.5. The summed E-state index contributed by atoms with van der Waals surface area (Å²) >= 11 is 3.39. The van der Waals surface area contributed by atoms with Crippen molar-refractivity contribution in [2.45, 2.75) is 19.3 Å². The minimum atomic E-state index is 0.668. The number of benzene rings is 1. The molecule has 1 rings (SSSR count). The van der Waals surface area contributed by atoms with Crippen molar-refractivity contribution in [3.05, 3.63) is 28.2 Å². The third kappa shape index (κ3) is 5.71.